The molecule has 0 heterocycles. The predicted octanol–water partition coefficient (Wildman–Crippen LogP) is 4.17. The van der Waals surface area contributed by atoms with Crippen LogP contribution >= 0.6 is 24.0 Å². The maximum Gasteiger partial charge on any atom is 0.193 e. The van der Waals surface area contributed by atoms with Gasteiger partial charge < -0.3 is 20.5 Å². The summed E-state index contributed by atoms with van der Waals surface area (Å²) in [4.78, 5) is 4.45. The van der Waals surface area contributed by atoms with Crippen molar-refractivity contribution in [3.8, 4) is 11.5 Å². The second kappa shape index (κ2) is 9.50. The molecule has 6 heteroatoms. The molecule has 0 aliphatic rings. The Labute approximate surface area is 166 Å². The van der Waals surface area contributed by atoms with Gasteiger partial charge in [0.15, 0.2) is 17.5 Å². The van der Waals surface area contributed by atoms with Crippen LogP contribution in [0.15, 0.2) is 35.3 Å². The van der Waals surface area contributed by atoms with Crippen LogP contribution in [0.4, 0.5) is 5.69 Å². The Morgan fingerprint density at radius 2 is 1.60 bits per heavy atom. The zero-order valence-electron chi connectivity index (χ0n) is 15.3. The Hall–Kier alpha value is -1.96. The maximum atomic E-state index is 6.01. The van der Waals surface area contributed by atoms with E-state index < -0.39 is 0 Å². The summed E-state index contributed by atoms with van der Waals surface area (Å²) >= 11 is 0. The van der Waals surface area contributed by atoms with Crippen molar-refractivity contribution in [2.75, 3.05) is 19.5 Å². The summed E-state index contributed by atoms with van der Waals surface area (Å²) in [6.45, 7) is 6.84. The number of methoxy groups -OCH3 is 2. The number of benzene rings is 2. The van der Waals surface area contributed by atoms with E-state index in [4.69, 9.17) is 15.2 Å². The van der Waals surface area contributed by atoms with Crippen molar-refractivity contribution in [3.63, 3.8) is 0 Å². The molecular formula is C19H26IN3O2. The third kappa shape index (κ3) is 5.52. The summed E-state index contributed by atoms with van der Waals surface area (Å²) in [5.74, 6) is 1.67. The minimum absolute atomic E-state index is 0. The summed E-state index contributed by atoms with van der Waals surface area (Å²) in [5, 5.41) is 3.08. The molecule has 136 valence electrons. The topological polar surface area (TPSA) is 68.9 Å². The number of anilines is 1. The quantitative estimate of drug-likeness (QED) is 0.404. The van der Waals surface area contributed by atoms with E-state index in [1.54, 1.807) is 14.2 Å². The van der Waals surface area contributed by atoms with Crippen molar-refractivity contribution >= 4 is 35.6 Å². The van der Waals surface area contributed by atoms with Crippen LogP contribution in [-0.2, 0) is 6.54 Å². The number of aliphatic imine (C=N–C) groups is 1. The van der Waals surface area contributed by atoms with E-state index in [1.807, 2.05) is 18.2 Å². The first-order valence-corrected chi connectivity index (χ1v) is 7.80. The molecule has 2 rings (SSSR count). The maximum absolute atomic E-state index is 6.01. The molecule has 0 atom stereocenters. The van der Waals surface area contributed by atoms with E-state index in [9.17, 15) is 0 Å². The van der Waals surface area contributed by atoms with Gasteiger partial charge in [0, 0.05) is 11.8 Å². The number of hydrogen-bond acceptors (Lipinski definition) is 3. The van der Waals surface area contributed by atoms with Gasteiger partial charge in [-0.05, 0) is 49.6 Å². The van der Waals surface area contributed by atoms with Gasteiger partial charge >= 0.3 is 0 Å². The van der Waals surface area contributed by atoms with Gasteiger partial charge in [0.05, 0.1) is 20.8 Å². The third-order valence-corrected chi connectivity index (χ3v) is 3.90. The molecule has 0 amide bonds. The minimum Gasteiger partial charge on any atom is -0.493 e. The zero-order valence-corrected chi connectivity index (χ0v) is 17.7. The Morgan fingerprint density at radius 1 is 1.00 bits per heavy atom. The molecule has 0 unspecified atom stereocenters. The molecule has 0 aliphatic heterocycles. The number of ether oxygens (including phenoxy) is 2. The number of nitrogens with two attached hydrogens (primary N) is 1. The fraction of sp³-hybridized carbons (Fsp3) is 0.316. The lowest BCUT2D eigenvalue weighted by Crippen LogP contribution is -2.22. The molecular weight excluding hydrogens is 429 g/mol. The fourth-order valence-electron chi connectivity index (χ4n) is 2.72. The Kier molecular flexibility index (Phi) is 8.02. The lowest BCUT2D eigenvalue weighted by Gasteiger charge is -2.12. The minimum atomic E-state index is 0. The SMILES string of the molecule is COc1ccc(NC(N)=NCc2c(C)cc(C)cc2C)cc1OC.I. The summed E-state index contributed by atoms with van der Waals surface area (Å²) in [6, 6.07) is 9.84. The Bertz CT molecular complexity index is 737. The average Bonchev–Trinajstić information content (AvgIpc) is 2.53. The van der Waals surface area contributed by atoms with Crippen LogP contribution in [0.1, 0.15) is 22.3 Å². The molecule has 3 N–H and O–H groups in total. The number of guanidine groups is 1. The standard InChI is InChI=1S/C19H25N3O2.HI/c1-12-8-13(2)16(14(3)9-12)11-21-19(20)22-15-6-7-17(23-4)18(10-15)24-5;/h6-10H,11H2,1-5H3,(H3,20,21,22);1H. The highest BCUT2D eigenvalue weighted by molar-refractivity contribution is 14.0. The smallest absolute Gasteiger partial charge is 0.193 e. The van der Waals surface area contributed by atoms with E-state index >= 15 is 0 Å². The van der Waals surface area contributed by atoms with Gasteiger partial charge in [-0.15, -0.1) is 24.0 Å². The van der Waals surface area contributed by atoms with Crippen LogP contribution in [0, 0.1) is 20.8 Å². The summed E-state index contributed by atoms with van der Waals surface area (Å²) < 4.78 is 10.5. The molecule has 25 heavy (non-hydrogen) atoms. The van der Waals surface area contributed by atoms with Crippen molar-refractivity contribution in [3.05, 3.63) is 52.6 Å². The van der Waals surface area contributed by atoms with Gasteiger partial charge in [0.2, 0.25) is 0 Å². The van der Waals surface area contributed by atoms with Gasteiger partial charge in [-0.25, -0.2) is 4.99 Å². The van der Waals surface area contributed by atoms with Crippen molar-refractivity contribution in [2.45, 2.75) is 27.3 Å². The molecule has 0 fully saturated rings. The van der Waals surface area contributed by atoms with E-state index in [0.717, 1.165) is 5.69 Å². The van der Waals surface area contributed by atoms with E-state index in [-0.39, 0.29) is 24.0 Å². The third-order valence-electron chi connectivity index (χ3n) is 3.90. The van der Waals surface area contributed by atoms with Gasteiger partial charge in [0.1, 0.15) is 0 Å². The average molecular weight is 455 g/mol. The first-order valence-electron chi connectivity index (χ1n) is 7.80. The summed E-state index contributed by atoms with van der Waals surface area (Å²) in [5.41, 5.74) is 11.7. The lowest BCUT2D eigenvalue weighted by atomic mass is 10.00. The number of halogens is 1. The van der Waals surface area contributed by atoms with E-state index in [0.29, 0.717) is 24.0 Å². The molecule has 0 saturated carbocycles. The molecule has 0 bridgehead atoms. The number of nitrogens with zero attached hydrogens (tertiary/aromatic N) is 1. The van der Waals surface area contributed by atoms with Crippen LogP contribution in [0.2, 0.25) is 0 Å². The largest absolute Gasteiger partial charge is 0.493 e. The Balaban J connectivity index is 0.00000312. The number of nitrogens with one attached hydrogen (secondary N) is 1. The molecule has 0 radical (unpaired) electrons. The van der Waals surface area contributed by atoms with Gasteiger partial charge in [-0.1, -0.05) is 17.7 Å². The van der Waals surface area contributed by atoms with Gasteiger partial charge in [-0.3, -0.25) is 0 Å². The Morgan fingerprint density at radius 3 is 2.16 bits per heavy atom. The van der Waals surface area contributed by atoms with E-state index in [1.165, 1.54) is 22.3 Å². The predicted molar refractivity (Wildman–Crippen MR) is 115 cm³/mol. The van der Waals surface area contributed by atoms with Gasteiger partial charge in [-0.2, -0.15) is 0 Å². The van der Waals surface area contributed by atoms with E-state index in [2.05, 4.69) is 43.2 Å². The first-order chi connectivity index (χ1) is 11.4. The molecule has 0 aliphatic carbocycles. The second-order valence-corrected chi connectivity index (χ2v) is 5.77. The zero-order chi connectivity index (χ0) is 17.7. The van der Waals surface area contributed by atoms with Crippen molar-refractivity contribution < 1.29 is 9.47 Å². The first kappa shape index (κ1) is 21.1. The van der Waals surface area contributed by atoms with Crippen molar-refractivity contribution in [2.24, 2.45) is 10.7 Å². The monoisotopic (exact) mass is 455 g/mol. The highest BCUT2D eigenvalue weighted by atomic mass is 127. The van der Waals surface area contributed by atoms with Crippen LogP contribution in [0.25, 0.3) is 0 Å². The normalized spacial score (nSPS) is 10.8. The number of aryl methyl sites for hydroxylation is 3. The van der Waals surface area contributed by atoms with Crippen molar-refractivity contribution in [1.82, 2.24) is 0 Å². The van der Waals surface area contributed by atoms with Crippen LogP contribution in [0.3, 0.4) is 0 Å². The summed E-state index contributed by atoms with van der Waals surface area (Å²) in [7, 11) is 3.20. The molecule has 0 saturated heterocycles. The molecule has 0 aromatic heterocycles. The van der Waals surface area contributed by atoms with Crippen molar-refractivity contribution in [1.29, 1.82) is 0 Å². The van der Waals surface area contributed by atoms with Crippen LogP contribution < -0.4 is 20.5 Å². The van der Waals surface area contributed by atoms with Gasteiger partial charge in [0.25, 0.3) is 0 Å². The number of hydrogen-bond donors (Lipinski definition) is 2. The number of rotatable bonds is 5. The molecule has 2 aromatic carbocycles. The second-order valence-electron chi connectivity index (χ2n) is 5.77. The fourth-order valence-corrected chi connectivity index (χ4v) is 2.72. The summed E-state index contributed by atoms with van der Waals surface area (Å²) in [6.07, 6.45) is 0. The van der Waals surface area contributed by atoms with Crippen LogP contribution in [0.5, 0.6) is 11.5 Å². The molecule has 5 nitrogen and oxygen atoms in total. The van der Waals surface area contributed by atoms with Crippen LogP contribution in [-0.4, -0.2) is 20.2 Å². The highest BCUT2D eigenvalue weighted by Gasteiger charge is 2.06. The molecule has 2 aromatic rings. The molecule has 0 spiro atoms. The highest BCUT2D eigenvalue weighted by Crippen LogP contribution is 2.29. The lowest BCUT2D eigenvalue weighted by molar-refractivity contribution is 0.355.